The number of hydrogen-bond acceptors (Lipinski definition) is 3. The van der Waals surface area contributed by atoms with Crippen molar-refractivity contribution in [2.24, 2.45) is 5.92 Å². The Morgan fingerprint density at radius 2 is 2.18 bits per heavy atom. The maximum atomic E-state index is 11.0. The van der Waals surface area contributed by atoms with Crippen molar-refractivity contribution in [1.82, 2.24) is 0 Å². The highest BCUT2D eigenvalue weighted by Gasteiger charge is 2.45. The zero-order valence-corrected chi connectivity index (χ0v) is 7.13. The highest BCUT2D eigenvalue weighted by atomic mass is 16.5. The summed E-state index contributed by atoms with van der Waals surface area (Å²) in [5.41, 5.74) is -0.495. The Labute approximate surface area is 66.4 Å². The molecular formula is C8H14O3. The zero-order valence-electron chi connectivity index (χ0n) is 7.13. The summed E-state index contributed by atoms with van der Waals surface area (Å²) in [7, 11) is 0. The predicted molar refractivity (Wildman–Crippen MR) is 40.2 cm³/mol. The van der Waals surface area contributed by atoms with Gasteiger partial charge >= 0.3 is 0 Å². The van der Waals surface area contributed by atoms with E-state index in [4.69, 9.17) is 4.74 Å². The van der Waals surface area contributed by atoms with E-state index in [9.17, 15) is 9.90 Å². The van der Waals surface area contributed by atoms with Crippen LogP contribution in [0, 0.1) is 5.92 Å². The highest BCUT2D eigenvalue weighted by molar-refractivity contribution is 5.80. The van der Waals surface area contributed by atoms with Crippen molar-refractivity contribution in [3.05, 3.63) is 0 Å². The van der Waals surface area contributed by atoms with Gasteiger partial charge in [0.2, 0.25) is 0 Å². The molecule has 0 radical (unpaired) electrons. The van der Waals surface area contributed by atoms with Gasteiger partial charge in [0.15, 0.2) is 0 Å². The molecule has 1 aliphatic rings. The van der Waals surface area contributed by atoms with Crippen molar-refractivity contribution in [1.29, 1.82) is 0 Å². The summed E-state index contributed by atoms with van der Waals surface area (Å²) in [4.78, 5) is 11.0. The van der Waals surface area contributed by atoms with Crippen LogP contribution in [0.2, 0.25) is 0 Å². The molecule has 0 aromatic carbocycles. The van der Waals surface area contributed by atoms with E-state index in [1.54, 1.807) is 0 Å². The first-order valence-corrected chi connectivity index (χ1v) is 3.77. The summed E-state index contributed by atoms with van der Waals surface area (Å²) in [5, 5.41) is 9.35. The summed E-state index contributed by atoms with van der Waals surface area (Å²) in [6.45, 7) is 5.42. The predicted octanol–water partition coefficient (Wildman–Crippen LogP) is 0.361. The maximum Gasteiger partial charge on any atom is 0.138 e. The molecule has 1 saturated heterocycles. The molecule has 3 nitrogen and oxygen atoms in total. The van der Waals surface area contributed by atoms with Crippen molar-refractivity contribution in [3.8, 4) is 0 Å². The van der Waals surface area contributed by atoms with Gasteiger partial charge in [-0.2, -0.15) is 0 Å². The second kappa shape index (κ2) is 2.57. The Morgan fingerprint density at radius 1 is 1.64 bits per heavy atom. The molecule has 1 rings (SSSR count). The fraction of sp³-hybridized carbons (Fsp3) is 0.875. The lowest BCUT2D eigenvalue weighted by Crippen LogP contribution is -2.37. The number of carbonyl (C=O) groups is 1. The van der Waals surface area contributed by atoms with Crippen LogP contribution in [0.15, 0.2) is 0 Å². The van der Waals surface area contributed by atoms with E-state index < -0.39 is 11.7 Å². The molecule has 2 atom stereocenters. The molecular weight excluding hydrogens is 144 g/mol. The first kappa shape index (κ1) is 8.68. The molecule has 64 valence electrons. The minimum Gasteiger partial charge on any atom is -0.390 e. The average molecular weight is 158 g/mol. The Kier molecular flexibility index (Phi) is 2.03. The topological polar surface area (TPSA) is 46.5 Å². The van der Waals surface area contributed by atoms with Gasteiger partial charge in [-0.25, -0.2) is 0 Å². The maximum absolute atomic E-state index is 11.0. The van der Waals surface area contributed by atoms with Gasteiger partial charge in [0, 0.05) is 0 Å². The summed E-state index contributed by atoms with van der Waals surface area (Å²) in [5.74, 6) is -0.359. The number of carbonyl (C=O) groups excluding carboxylic acids is 1. The summed E-state index contributed by atoms with van der Waals surface area (Å²) in [6.07, 6.45) is -0.623. The molecule has 0 aromatic heterocycles. The first-order valence-electron chi connectivity index (χ1n) is 3.77. The van der Waals surface area contributed by atoms with Crippen LogP contribution >= 0.6 is 0 Å². The average Bonchev–Trinajstić information content (AvgIpc) is 2.06. The van der Waals surface area contributed by atoms with E-state index in [0.717, 1.165) is 0 Å². The van der Waals surface area contributed by atoms with Gasteiger partial charge < -0.3 is 9.84 Å². The van der Waals surface area contributed by atoms with Crippen molar-refractivity contribution in [2.45, 2.75) is 32.5 Å². The van der Waals surface area contributed by atoms with Crippen LogP contribution in [-0.4, -0.2) is 29.2 Å². The lowest BCUT2D eigenvalue weighted by atomic mass is 9.86. The quantitative estimate of drug-likeness (QED) is 0.599. The van der Waals surface area contributed by atoms with Gasteiger partial charge in [-0.3, -0.25) is 4.79 Å². The molecule has 3 heteroatoms. The number of rotatable bonds is 1. The molecule has 0 saturated carbocycles. The molecule has 0 bridgehead atoms. The summed E-state index contributed by atoms with van der Waals surface area (Å²) in [6, 6.07) is 0. The zero-order chi connectivity index (χ0) is 8.65. The van der Waals surface area contributed by atoms with E-state index in [1.807, 2.05) is 13.8 Å². The molecule has 0 aliphatic carbocycles. The number of aliphatic hydroxyl groups is 1. The van der Waals surface area contributed by atoms with Gasteiger partial charge in [-0.15, -0.1) is 0 Å². The van der Waals surface area contributed by atoms with Crippen molar-refractivity contribution < 1.29 is 14.6 Å². The van der Waals surface area contributed by atoms with Crippen LogP contribution in [0.1, 0.15) is 20.8 Å². The fourth-order valence-corrected chi connectivity index (χ4v) is 1.71. The number of Topliss-reactive ketones (excluding diaryl/α,β-unsaturated/α-hetero) is 1. The molecule has 1 N–H and O–H groups in total. The lowest BCUT2D eigenvalue weighted by molar-refractivity contribution is -0.127. The van der Waals surface area contributed by atoms with Gasteiger partial charge in [-0.1, -0.05) is 0 Å². The summed E-state index contributed by atoms with van der Waals surface area (Å²) >= 11 is 0. The van der Waals surface area contributed by atoms with Crippen LogP contribution in [0.5, 0.6) is 0 Å². The number of hydrogen-bond donors (Lipinski definition) is 1. The van der Waals surface area contributed by atoms with E-state index in [-0.39, 0.29) is 18.3 Å². The van der Waals surface area contributed by atoms with Crippen molar-refractivity contribution >= 4 is 5.78 Å². The molecule has 0 spiro atoms. The van der Waals surface area contributed by atoms with Crippen LogP contribution in [0.4, 0.5) is 0 Å². The summed E-state index contributed by atoms with van der Waals surface area (Å²) < 4.78 is 5.26. The SMILES string of the molecule is CC(=O)[C@@H]1[C@H](O)COC1(C)C. The van der Waals surface area contributed by atoms with E-state index in [1.165, 1.54) is 6.92 Å². The molecule has 0 aromatic rings. The Hall–Kier alpha value is -0.410. The number of ether oxygens (including phenoxy) is 1. The highest BCUT2D eigenvalue weighted by Crippen LogP contribution is 2.32. The lowest BCUT2D eigenvalue weighted by Gasteiger charge is -2.24. The molecule has 1 aliphatic heterocycles. The number of ketones is 1. The fourth-order valence-electron chi connectivity index (χ4n) is 1.71. The second-order valence-electron chi connectivity index (χ2n) is 3.57. The standard InChI is InChI=1S/C8H14O3/c1-5(9)7-6(10)4-11-8(7,2)3/h6-7,10H,4H2,1-3H3/t6-,7-/m1/s1. The Bertz CT molecular complexity index is 174. The minimum absolute atomic E-state index is 0.000000000000000666. The first-order chi connectivity index (χ1) is 4.95. The third-order valence-corrected chi connectivity index (χ3v) is 2.20. The third kappa shape index (κ3) is 1.44. The minimum atomic E-state index is -0.623. The Balaban J connectivity index is 2.80. The molecule has 1 fully saturated rings. The Morgan fingerprint density at radius 3 is 2.36 bits per heavy atom. The molecule has 0 unspecified atom stereocenters. The van der Waals surface area contributed by atoms with E-state index >= 15 is 0 Å². The molecule has 1 heterocycles. The van der Waals surface area contributed by atoms with Crippen molar-refractivity contribution in [3.63, 3.8) is 0 Å². The van der Waals surface area contributed by atoms with Crippen LogP contribution in [0.25, 0.3) is 0 Å². The van der Waals surface area contributed by atoms with E-state index in [0.29, 0.717) is 0 Å². The van der Waals surface area contributed by atoms with E-state index in [2.05, 4.69) is 0 Å². The van der Waals surface area contributed by atoms with Gasteiger partial charge in [0.25, 0.3) is 0 Å². The van der Waals surface area contributed by atoms with Gasteiger partial charge in [0.1, 0.15) is 5.78 Å². The van der Waals surface area contributed by atoms with Crippen LogP contribution in [0.3, 0.4) is 0 Å². The molecule has 0 amide bonds. The molecule has 11 heavy (non-hydrogen) atoms. The van der Waals surface area contributed by atoms with Crippen LogP contribution < -0.4 is 0 Å². The largest absolute Gasteiger partial charge is 0.390 e. The number of aliphatic hydroxyl groups excluding tert-OH is 1. The second-order valence-corrected chi connectivity index (χ2v) is 3.57. The third-order valence-electron chi connectivity index (χ3n) is 2.20. The van der Waals surface area contributed by atoms with Crippen molar-refractivity contribution in [2.75, 3.05) is 6.61 Å². The van der Waals surface area contributed by atoms with Gasteiger partial charge in [0.05, 0.1) is 24.2 Å². The van der Waals surface area contributed by atoms with Crippen LogP contribution in [-0.2, 0) is 9.53 Å². The van der Waals surface area contributed by atoms with Gasteiger partial charge in [-0.05, 0) is 20.8 Å². The smallest absolute Gasteiger partial charge is 0.138 e. The normalized spacial score (nSPS) is 35.6. The monoisotopic (exact) mass is 158 g/mol.